The van der Waals surface area contributed by atoms with Crippen LogP contribution in [0.3, 0.4) is 0 Å². The van der Waals surface area contributed by atoms with Gasteiger partial charge in [0.15, 0.2) is 39.3 Å². The molecule has 0 fully saturated rings. The van der Waals surface area contributed by atoms with E-state index in [2.05, 4.69) is 47.6 Å². The van der Waals surface area contributed by atoms with Crippen molar-refractivity contribution in [3.63, 3.8) is 0 Å². The molecular weight excluding hydrogens is 665 g/mol. The van der Waals surface area contributed by atoms with Crippen LogP contribution in [0.1, 0.15) is 40.5 Å². The lowest BCUT2D eigenvalue weighted by Gasteiger charge is -2.27. The van der Waals surface area contributed by atoms with Crippen LogP contribution in [0.4, 0.5) is 0 Å². The molecule has 4 N–H and O–H groups in total. The minimum absolute atomic E-state index is 0.449. The molecule has 0 radical (unpaired) electrons. The molecule has 0 aliphatic rings. The zero-order chi connectivity index (χ0) is 34.8. The molecule has 0 aliphatic carbocycles. The first-order chi connectivity index (χ1) is 19.9. The van der Waals surface area contributed by atoms with Gasteiger partial charge in [-0.1, -0.05) is 26.3 Å². The largest absolute Gasteiger partial charge is 0.335 e. The molecule has 250 valence electrons. The van der Waals surface area contributed by atoms with E-state index in [0.717, 1.165) is 27.7 Å². The molecule has 4 unspecified atom stereocenters. The summed E-state index contributed by atoms with van der Waals surface area (Å²) in [5.41, 5.74) is 0. The molecule has 16 nitrogen and oxygen atoms in total. The van der Waals surface area contributed by atoms with Crippen molar-refractivity contribution in [2.45, 2.75) is 73.9 Å². The van der Waals surface area contributed by atoms with Crippen LogP contribution in [-0.4, -0.2) is 90.6 Å². The fourth-order valence-corrected chi connectivity index (χ4v) is 5.65. The Labute approximate surface area is 258 Å². The quantitative estimate of drug-likeness (QED) is 0.114. The molecule has 4 atom stereocenters. The van der Waals surface area contributed by atoms with Gasteiger partial charge in [-0.05, 0) is 40.5 Å². The van der Waals surface area contributed by atoms with Crippen LogP contribution >= 0.6 is 0 Å². The summed E-state index contributed by atoms with van der Waals surface area (Å²) in [5, 5.41) is 4.18. The van der Waals surface area contributed by atoms with E-state index >= 15 is 0 Å². The topological polar surface area (TPSA) is 253 Å². The zero-order valence-corrected chi connectivity index (χ0v) is 27.8. The van der Waals surface area contributed by atoms with Crippen LogP contribution in [0.25, 0.3) is 0 Å². The molecule has 0 bridgehead atoms. The molecular formula is C24H38N4O12S4. The van der Waals surface area contributed by atoms with Crippen LogP contribution in [0.15, 0.2) is 47.9 Å². The van der Waals surface area contributed by atoms with Gasteiger partial charge in [0.2, 0.25) is 23.6 Å². The highest BCUT2D eigenvalue weighted by Gasteiger charge is 2.33. The highest BCUT2D eigenvalue weighted by Crippen LogP contribution is 2.10. The summed E-state index contributed by atoms with van der Waals surface area (Å²) in [6.45, 7) is 16.5. The highest BCUT2D eigenvalue weighted by atomic mass is 32.2. The Bertz CT molecular complexity index is 1360. The Hall–Kier alpha value is -3.36. The van der Waals surface area contributed by atoms with Gasteiger partial charge < -0.3 is 21.3 Å². The van der Waals surface area contributed by atoms with Gasteiger partial charge in [-0.15, -0.1) is 0 Å². The number of sulfone groups is 4. The summed E-state index contributed by atoms with van der Waals surface area (Å²) in [6, 6.07) is 0. The van der Waals surface area contributed by atoms with Crippen molar-refractivity contribution < 1.29 is 52.8 Å². The number of nitrogens with one attached hydrogen (secondary N) is 4. The minimum atomic E-state index is -4.14. The van der Waals surface area contributed by atoms with E-state index in [1.165, 1.54) is 0 Å². The van der Waals surface area contributed by atoms with Gasteiger partial charge in [-0.3, -0.25) is 19.2 Å². The lowest BCUT2D eigenvalue weighted by molar-refractivity contribution is -0.126. The summed E-state index contributed by atoms with van der Waals surface area (Å²) >= 11 is 0. The fraction of sp³-hybridized carbons (Fsp3) is 0.500. The third-order valence-electron chi connectivity index (χ3n) is 6.39. The maximum atomic E-state index is 12.7. The molecule has 0 rings (SSSR count). The molecule has 0 aromatic heterocycles. The van der Waals surface area contributed by atoms with Crippen LogP contribution in [0, 0.1) is 0 Å². The van der Waals surface area contributed by atoms with Gasteiger partial charge in [0, 0.05) is 21.6 Å². The van der Waals surface area contributed by atoms with Crippen molar-refractivity contribution in [2.75, 3.05) is 0 Å². The predicted octanol–water partition coefficient (Wildman–Crippen LogP) is -1.33. The Morgan fingerprint density at radius 2 is 0.614 bits per heavy atom. The average molecular weight is 703 g/mol. The number of rotatable bonds is 19. The lowest BCUT2D eigenvalue weighted by Crippen LogP contribution is -2.56. The molecule has 0 aliphatic heterocycles. The molecule has 20 heteroatoms. The van der Waals surface area contributed by atoms with Crippen LogP contribution < -0.4 is 21.3 Å². The first-order valence-corrected chi connectivity index (χ1v) is 19.0. The third kappa shape index (κ3) is 11.3. The number of hydrogen-bond acceptors (Lipinski definition) is 12. The second kappa shape index (κ2) is 16.1. The van der Waals surface area contributed by atoms with Gasteiger partial charge in [-0.25, -0.2) is 33.7 Å². The molecule has 0 spiro atoms. The van der Waals surface area contributed by atoms with Gasteiger partial charge >= 0.3 is 0 Å². The van der Waals surface area contributed by atoms with E-state index in [-0.39, 0.29) is 0 Å². The zero-order valence-electron chi connectivity index (χ0n) is 24.5. The fourth-order valence-electron chi connectivity index (χ4n) is 3.02. The van der Waals surface area contributed by atoms with Gasteiger partial charge in [0.05, 0.1) is 0 Å². The van der Waals surface area contributed by atoms with E-state index in [9.17, 15) is 52.8 Å². The van der Waals surface area contributed by atoms with Crippen molar-refractivity contribution in [3.8, 4) is 0 Å². The summed E-state index contributed by atoms with van der Waals surface area (Å²) in [6.07, 6.45) is -3.95. The third-order valence-corrected chi connectivity index (χ3v) is 13.0. The summed E-state index contributed by atoms with van der Waals surface area (Å²) in [4.78, 5) is 50.9. The van der Waals surface area contributed by atoms with Crippen molar-refractivity contribution in [1.29, 1.82) is 0 Å². The lowest BCUT2D eigenvalue weighted by atomic mass is 10.2. The number of amides is 4. The molecule has 0 saturated heterocycles. The van der Waals surface area contributed by atoms with Crippen LogP contribution in [0.5, 0.6) is 0 Å². The predicted molar refractivity (Wildman–Crippen MR) is 164 cm³/mol. The molecule has 44 heavy (non-hydrogen) atoms. The molecule has 4 amide bonds. The second-order valence-corrected chi connectivity index (χ2v) is 18.2. The maximum Gasteiger partial charge on any atom is 0.240 e. The van der Waals surface area contributed by atoms with E-state index in [1.807, 2.05) is 0 Å². The Balaban J connectivity index is 6.46. The Morgan fingerprint density at radius 3 is 0.750 bits per heavy atom. The number of hydrogen-bond donors (Lipinski definition) is 4. The van der Waals surface area contributed by atoms with Crippen molar-refractivity contribution in [1.82, 2.24) is 21.3 Å². The molecule has 0 aromatic carbocycles. The van der Waals surface area contributed by atoms with E-state index in [1.54, 1.807) is 0 Å². The number of carbonyl (C=O) groups excluding carboxylic acids is 4. The van der Waals surface area contributed by atoms with E-state index in [0.29, 0.717) is 21.6 Å². The standard InChI is InChI=1S/C24H38N4O12S4/c1-9-41(33,34)15(5)21(29)25-19(26-22(30)16(6)42(35,36)10-2)13-14-20(27-23(31)17(7)43(37,38)11-3)28-24(32)18(8)44(39,40)12-4/h9-12,15-20H,1-4,13-14H2,5-8H3,(H,25,29)(H,26,30)(H,27,31)(H,28,32). The SMILES string of the molecule is C=CS(=O)(=O)C(C)C(=O)NC(CCC(NC(=O)C(C)S(=O)(=O)C=C)NC(=O)C(C)S(=O)(=O)C=C)NC(=O)C(C)S(=O)(=O)C=C. The second-order valence-electron chi connectivity index (χ2n) is 9.31. The highest BCUT2D eigenvalue weighted by molar-refractivity contribution is 7.96. The Kier molecular flexibility index (Phi) is 14.9. The maximum absolute atomic E-state index is 12.7. The smallest absolute Gasteiger partial charge is 0.240 e. The summed E-state index contributed by atoms with van der Waals surface area (Å²) < 4.78 is 96.9. The van der Waals surface area contributed by atoms with Crippen molar-refractivity contribution in [3.05, 3.63) is 47.9 Å². The first kappa shape index (κ1) is 40.6. The Morgan fingerprint density at radius 1 is 0.455 bits per heavy atom. The number of carbonyl (C=O) groups is 4. The molecule has 0 heterocycles. The monoisotopic (exact) mass is 702 g/mol. The van der Waals surface area contributed by atoms with E-state index in [4.69, 9.17) is 0 Å². The van der Waals surface area contributed by atoms with E-state index < -0.39 is 109 Å². The normalized spacial score (nSPS) is 16.4. The van der Waals surface area contributed by atoms with Crippen molar-refractivity contribution in [2.24, 2.45) is 0 Å². The van der Waals surface area contributed by atoms with Crippen molar-refractivity contribution >= 4 is 63.0 Å². The van der Waals surface area contributed by atoms with Crippen LogP contribution in [-0.2, 0) is 58.5 Å². The molecule has 0 aromatic rings. The van der Waals surface area contributed by atoms with Gasteiger partial charge in [-0.2, -0.15) is 0 Å². The average Bonchev–Trinajstić information content (AvgIpc) is 2.97. The molecule has 0 saturated carbocycles. The first-order valence-electron chi connectivity index (χ1n) is 12.6. The minimum Gasteiger partial charge on any atom is -0.335 e. The van der Waals surface area contributed by atoms with Crippen LogP contribution in [0.2, 0.25) is 0 Å². The van der Waals surface area contributed by atoms with Gasteiger partial charge in [0.25, 0.3) is 0 Å². The summed E-state index contributed by atoms with van der Waals surface area (Å²) in [5.74, 6) is -4.57. The summed E-state index contributed by atoms with van der Waals surface area (Å²) in [7, 11) is -16.6. The van der Waals surface area contributed by atoms with Gasteiger partial charge in [0.1, 0.15) is 33.3 Å².